The van der Waals surface area contributed by atoms with Crippen LogP contribution in [0, 0.1) is 5.92 Å². The van der Waals surface area contributed by atoms with Gasteiger partial charge >= 0.3 is 5.97 Å². The van der Waals surface area contributed by atoms with E-state index in [1.54, 1.807) is 31.2 Å². The Hall–Kier alpha value is -2.19. The smallest absolute Gasteiger partial charge is 0.311 e. The lowest BCUT2D eigenvalue weighted by atomic mass is 10.1. The zero-order chi connectivity index (χ0) is 20.7. The summed E-state index contributed by atoms with van der Waals surface area (Å²) in [5, 5.41) is 4.29. The molecule has 0 aliphatic heterocycles. The van der Waals surface area contributed by atoms with E-state index in [9.17, 15) is 14.4 Å². The lowest BCUT2D eigenvalue weighted by Crippen LogP contribution is -2.18. The number of carbonyl (C=O) groups excluding carboxylic acids is 3. The lowest BCUT2D eigenvalue weighted by Gasteiger charge is -2.10. The average molecular weight is 421 g/mol. The van der Waals surface area contributed by atoms with Crippen molar-refractivity contribution in [1.29, 1.82) is 0 Å². The van der Waals surface area contributed by atoms with Gasteiger partial charge in [0.1, 0.15) is 0 Å². The second-order valence-electron chi connectivity index (χ2n) is 6.43. The number of ether oxygens (including phenoxy) is 1. The van der Waals surface area contributed by atoms with E-state index < -0.39 is 0 Å². The van der Waals surface area contributed by atoms with Crippen LogP contribution in [0.25, 0.3) is 0 Å². The number of amides is 1. The third-order valence-electron chi connectivity index (χ3n) is 3.77. The van der Waals surface area contributed by atoms with E-state index in [2.05, 4.69) is 10.3 Å². The molecular formula is C20H24N2O4S2. The summed E-state index contributed by atoms with van der Waals surface area (Å²) in [6.07, 6.45) is 0.136. The number of aromatic nitrogens is 1. The molecule has 150 valence electrons. The number of nitrogens with one attached hydrogen (secondary N) is 1. The van der Waals surface area contributed by atoms with Crippen molar-refractivity contribution >= 4 is 46.4 Å². The predicted molar refractivity (Wildman–Crippen MR) is 112 cm³/mol. The molecule has 0 bridgehead atoms. The second kappa shape index (κ2) is 10.4. The minimum Gasteiger partial charge on any atom is -0.466 e. The molecule has 1 aromatic heterocycles. The number of benzene rings is 1. The minimum absolute atomic E-state index is 0.0196. The van der Waals surface area contributed by atoms with Crippen molar-refractivity contribution in [2.45, 2.75) is 43.7 Å². The van der Waals surface area contributed by atoms with Crippen LogP contribution in [0.3, 0.4) is 0 Å². The molecule has 8 heteroatoms. The van der Waals surface area contributed by atoms with Crippen molar-refractivity contribution in [1.82, 2.24) is 4.98 Å². The number of anilines is 1. The number of thiazole rings is 1. The molecular weight excluding hydrogens is 396 g/mol. The van der Waals surface area contributed by atoms with Crippen molar-refractivity contribution in [3.63, 3.8) is 0 Å². The highest BCUT2D eigenvalue weighted by molar-refractivity contribution is 8.02. The molecule has 0 aliphatic carbocycles. The first-order valence-corrected chi connectivity index (χ1v) is 10.8. The van der Waals surface area contributed by atoms with Crippen LogP contribution in [-0.4, -0.2) is 34.5 Å². The Bertz CT molecular complexity index is 831. The highest BCUT2D eigenvalue weighted by Crippen LogP contribution is 2.29. The van der Waals surface area contributed by atoms with Crippen LogP contribution >= 0.6 is 23.1 Å². The maximum Gasteiger partial charge on any atom is 0.311 e. The Morgan fingerprint density at radius 3 is 2.46 bits per heavy atom. The molecule has 2 rings (SSSR count). The van der Waals surface area contributed by atoms with Gasteiger partial charge in [-0.1, -0.05) is 25.6 Å². The van der Waals surface area contributed by atoms with Gasteiger partial charge in [-0.25, -0.2) is 4.98 Å². The Kier molecular flexibility index (Phi) is 8.19. The fraction of sp³-hybridized carbons (Fsp3) is 0.400. The number of rotatable bonds is 9. The third-order valence-corrected chi connectivity index (χ3v) is 5.89. The van der Waals surface area contributed by atoms with Gasteiger partial charge in [0.05, 0.1) is 24.0 Å². The fourth-order valence-corrected chi connectivity index (χ4v) is 4.29. The quantitative estimate of drug-likeness (QED) is 0.372. The molecule has 6 nitrogen and oxygen atoms in total. The van der Waals surface area contributed by atoms with Crippen molar-refractivity contribution in [2.24, 2.45) is 5.92 Å². The van der Waals surface area contributed by atoms with Gasteiger partial charge in [0.2, 0.25) is 5.91 Å². The summed E-state index contributed by atoms with van der Waals surface area (Å²) in [6, 6.07) is 6.88. The summed E-state index contributed by atoms with van der Waals surface area (Å²) in [4.78, 5) is 40.3. The molecule has 2 aromatic rings. The number of ketones is 1. The highest BCUT2D eigenvalue weighted by atomic mass is 32.2. The number of thioether (sulfide) groups is 1. The van der Waals surface area contributed by atoms with Gasteiger partial charge in [0.25, 0.3) is 0 Å². The number of Topliss-reactive ketones (excluding diaryl/α,β-unsaturated/α-hetero) is 1. The van der Waals surface area contributed by atoms with E-state index in [0.29, 0.717) is 23.6 Å². The minimum atomic E-state index is -0.322. The largest absolute Gasteiger partial charge is 0.466 e. The van der Waals surface area contributed by atoms with Crippen molar-refractivity contribution < 1.29 is 19.1 Å². The topological polar surface area (TPSA) is 85.4 Å². The Morgan fingerprint density at radius 2 is 1.86 bits per heavy atom. The van der Waals surface area contributed by atoms with E-state index >= 15 is 0 Å². The van der Waals surface area contributed by atoms with Gasteiger partial charge in [-0.2, -0.15) is 0 Å². The van der Waals surface area contributed by atoms with Gasteiger partial charge in [0.15, 0.2) is 10.1 Å². The van der Waals surface area contributed by atoms with Crippen LogP contribution < -0.4 is 5.32 Å². The molecule has 0 radical (unpaired) electrons. The third kappa shape index (κ3) is 6.45. The number of nitrogens with zero attached hydrogens (tertiary/aromatic N) is 1. The van der Waals surface area contributed by atoms with Crippen LogP contribution in [-0.2, 0) is 20.7 Å². The molecule has 28 heavy (non-hydrogen) atoms. The fourth-order valence-electron chi connectivity index (χ4n) is 2.23. The molecule has 1 N–H and O–H groups in total. The molecule has 1 atom stereocenters. The van der Waals surface area contributed by atoms with E-state index in [-0.39, 0.29) is 35.2 Å². The lowest BCUT2D eigenvalue weighted by molar-refractivity contribution is -0.142. The van der Waals surface area contributed by atoms with Gasteiger partial charge in [-0.15, -0.1) is 11.3 Å². The van der Waals surface area contributed by atoms with Crippen molar-refractivity contribution in [2.75, 3.05) is 11.9 Å². The summed E-state index contributed by atoms with van der Waals surface area (Å²) in [5.74, 6) is -0.498. The standard InChI is InChI=1S/C20H24N2O4S2/c1-5-26-17(23)10-16-11-27-20(22-16)28-13(4)18(24)14-6-8-15(9-7-14)21-19(25)12(2)3/h6-9,11-13H,5,10H2,1-4H3,(H,21,25). The molecule has 0 saturated heterocycles. The van der Waals surface area contributed by atoms with Gasteiger partial charge in [0, 0.05) is 22.5 Å². The van der Waals surface area contributed by atoms with Crippen LogP contribution in [0.5, 0.6) is 0 Å². The number of esters is 1. The average Bonchev–Trinajstić information content (AvgIpc) is 3.08. The van der Waals surface area contributed by atoms with E-state index in [0.717, 1.165) is 4.34 Å². The molecule has 1 amide bonds. The number of hydrogen-bond acceptors (Lipinski definition) is 7. The molecule has 0 spiro atoms. The SMILES string of the molecule is CCOC(=O)Cc1csc(SC(C)C(=O)c2ccc(NC(=O)C(C)C)cc2)n1. The van der Waals surface area contributed by atoms with Crippen LogP contribution in [0.15, 0.2) is 34.0 Å². The van der Waals surface area contributed by atoms with E-state index in [4.69, 9.17) is 4.74 Å². The summed E-state index contributed by atoms with van der Waals surface area (Å²) in [7, 11) is 0. The van der Waals surface area contributed by atoms with Crippen LogP contribution in [0.2, 0.25) is 0 Å². The van der Waals surface area contributed by atoms with E-state index in [1.807, 2.05) is 26.2 Å². The molecule has 0 fully saturated rings. The summed E-state index contributed by atoms with van der Waals surface area (Å²) < 4.78 is 5.65. The zero-order valence-corrected chi connectivity index (χ0v) is 18.0. The van der Waals surface area contributed by atoms with Gasteiger partial charge in [-0.05, 0) is 38.1 Å². The van der Waals surface area contributed by atoms with Gasteiger partial charge < -0.3 is 10.1 Å². The Labute approximate surface area is 173 Å². The maximum atomic E-state index is 12.7. The molecule has 1 aromatic carbocycles. The summed E-state index contributed by atoms with van der Waals surface area (Å²) >= 11 is 2.77. The van der Waals surface area contributed by atoms with E-state index in [1.165, 1.54) is 23.1 Å². The van der Waals surface area contributed by atoms with Crippen LogP contribution in [0.4, 0.5) is 5.69 Å². The Balaban J connectivity index is 1.94. The molecule has 1 heterocycles. The monoisotopic (exact) mass is 420 g/mol. The maximum absolute atomic E-state index is 12.7. The second-order valence-corrected chi connectivity index (χ2v) is 8.88. The normalized spacial score (nSPS) is 11.9. The predicted octanol–water partition coefficient (Wildman–Crippen LogP) is 4.21. The highest BCUT2D eigenvalue weighted by Gasteiger charge is 2.19. The van der Waals surface area contributed by atoms with Gasteiger partial charge in [-0.3, -0.25) is 14.4 Å². The summed E-state index contributed by atoms with van der Waals surface area (Å²) in [5.41, 5.74) is 1.89. The first-order chi connectivity index (χ1) is 13.3. The van der Waals surface area contributed by atoms with Crippen molar-refractivity contribution in [3.05, 3.63) is 40.9 Å². The molecule has 0 aliphatic rings. The Morgan fingerprint density at radius 1 is 1.18 bits per heavy atom. The van der Waals surface area contributed by atoms with Crippen LogP contribution in [0.1, 0.15) is 43.7 Å². The van der Waals surface area contributed by atoms with Crippen molar-refractivity contribution in [3.8, 4) is 0 Å². The first kappa shape index (κ1) is 22.1. The molecule has 1 unspecified atom stereocenters. The number of hydrogen-bond donors (Lipinski definition) is 1. The summed E-state index contributed by atoms with van der Waals surface area (Å²) in [6.45, 7) is 7.58. The molecule has 0 saturated carbocycles. The first-order valence-electron chi connectivity index (χ1n) is 9.02. The zero-order valence-electron chi connectivity index (χ0n) is 16.4. The number of carbonyl (C=O) groups is 3.